The Morgan fingerprint density at radius 2 is 1.89 bits per heavy atom. The lowest BCUT2D eigenvalue weighted by molar-refractivity contribution is 0.596. The standard InChI is InChI=1S/C5H11BrO2S/c1-2-4-9(7,8)5-3-6/h2-5H2,1H3. The summed E-state index contributed by atoms with van der Waals surface area (Å²) in [7, 11) is -2.73. The van der Waals surface area contributed by atoms with E-state index in [-0.39, 0.29) is 5.75 Å². The second kappa shape index (κ2) is 4.28. The van der Waals surface area contributed by atoms with Crippen molar-refractivity contribution in [3.63, 3.8) is 0 Å². The molecule has 0 radical (unpaired) electrons. The summed E-state index contributed by atoms with van der Waals surface area (Å²) in [5.41, 5.74) is 0. The van der Waals surface area contributed by atoms with Crippen molar-refractivity contribution in [3.8, 4) is 0 Å². The van der Waals surface area contributed by atoms with Crippen LogP contribution in [-0.4, -0.2) is 25.3 Å². The van der Waals surface area contributed by atoms with E-state index in [1.54, 1.807) is 0 Å². The van der Waals surface area contributed by atoms with Gasteiger partial charge >= 0.3 is 0 Å². The van der Waals surface area contributed by atoms with Gasteiger partial charge < -0.3 is 0 Å². The molecule has 0 atom stereocenters. The predicted molar refractivity (Wildman–Crippen MR) is 42.7 cm³/mol. The second-order valence-corrected chi connectivity index (χ2v) is 4.94. The van der Waals surface area contributed by atoms with Crippen LogP contribution < -0.4 is 0 Å². The van der Waals surface area contributed by atoms with Gasteiger partial charge in [-0.15, -0.1) is 0 Å². The molecule has 0 rings (SSSR count). The molecule has 0 N–H and O–H groups in total. The minimum Gasteiger partial charge on any atom is -0.229 e. The van der Waals surface area contributed by atoms with Crippen molar-refractivity contribution < 1.29 is 8.42 Å². The topological polar surface area (TPSA) is 34.1 Å². The summed E-state index contributed by atoms with van der Waals surface area (Å²) in [6, 6.07) is 0. The van der Waals surface area contributed by atoms with Gasteiger partial charge in [0.15, 0.2) is 9.84 Å². The van der Waals surface area contributed by atoms with Crippen LogP contribution >= 0.6 is 15.9 Å². The van der Waals surface area contributed by atoms with Crippen molar-refractivity contribution in [1.82, 2.24) is 0 Å². The summed E-state index contributed by atoms with van der Waals surface area (Å²) in [5.74, 6) is 0.583. The second-order valence-electron chi connectivity index (χ2n) is 1.84. The lowest BCUT2D eigenvalue weighted by Crippen LogP contribution is -2.10. The zero-order chi connectivity index (χ0) is 7.33. The van der Waals surface area contributed by atoms with Crippen LogP contribution in [-0.2, 0) is 9.84 Å². The van der Waals surface area contributed by atoms with Crippen LogP contribution in [0.2, 0.25) is 0 Å². The average molecular weight is 215 g/mol. The van der Waals surface area contributed by atoms with Crippen molar-refractivity contribution in [2.75, 3.05) is 16.8 Å². The highest BCUT2D eigenvalue weighted by atomic mass is 79.9. The number of hydrogen-bond acceptors (Lipinski definition) is 2. The molecule has 0 amide bonds. The Morgan fingerprint density at radius 1 is 1.33 bits per heavy atom. The SMILES string of the molecule is CCCS(=O)(=O)CCBr. The molecule has 0 aromatic carbocycles. The molecule has 56 valence electrons. The van der Waals surface area contributed by atoms with Crippen LogP contribution in [0.4, 0.5) is 0 Å². The number of rotatable bonds is 4. The summed E-state index contributed by atoms with van der Waals surface area (Å²) in [4.78, 5) is 0. The van der Waals surface area contributed by atoms with Gasteiger partial charge in [0.1, 0.15) is 0 Å². The molecule has 0 aliphatic rings. The summed E-state index contributed by atoms with van der Waals surface area (Å²) in [6.45, 7) is 1.87. The molecule has 4 heteroatoms. The molecule has 9 heavy (non-hydrogen) atoms. The minimum absolute atomic E-state index is 0.265. The van der Waals surface area contributed by atoms with E-state index in [9.17, 15) is 8.42 Å². The number of sulfone groups is 1. The maximum absolute atomic E-state index is 10.8. The van der Waals surface area contributed by atoms with E-state index in [0.717, 1.165) is 6.42 Å². The predicted octanol–water partition coefficient (Wildman–Crippen LogP) is 1.21. The zero-order valence-electron chi connectivity index (χ0n) is 5.43. The maximum Gasteiger partial charge on any atom is 0.151 e. The normalized spacial score (nSPS) is 11.8. The van der Waals surface area contributed by atoms with Gasteiger partial charge in [0, 0.05) is 11.1 Å². The Kier molecular flexibility index (Phi) is 4.48. The van der Waals surface area contributed by atoms with Crippen LogP contribution in [0, 0.1) is 0 Å². The summed E-state index contributed by atoms with van der Waals surface area (Å²) >= 11 is 3.08. The summed E-state index contributed by atoms with van der Waals surface area (Å²) < 4.78 is 21.6. The fraction of sp³-hybridized carbons (Fsp3) is 1.00. The molecule has 0 saturated heterocycles. The number of hydrogen-bond donors (Lipinski definition) is 0. The Labute approximate surface area is 64.7 Å². The molecule has 0 aromatic heterocycles. The Bertz CT molecular complexity index is 138. The van der Waals surface area contributed by atoms with Gasteiger partial charge in [-0.05, 0) is 6.42 Å². The van der Waals surface area contributed by atoms with E-state index in [1.165, 1.54) is 0 Å². The van der Waals surface area contributed by atoms with Crippen LogP contribution in [0.1, 0.15) is 13.3 Å². The average Bonchev–Trinajstić information content (AvgIpc) is 1.64. The third kappa shape index (κ3) is 4.90. The fourth-order valence-electron chi connectivity index (χ4n) is 0.531. The van der Waals surface area contributed by atoms with Crippen molar-refractivity contribution >= 4 is 25.8 Å². The van der Waals surface area contributed by atoms with E-state index in [1.807, 2.05) is 6.92 Å². The highest BCUT2D eigenvalue weighted by molar-refractivity contribution is 9.09. The van der Waals surface area contributed by atoms with Gasteiger partial charge in [0.2, 0.25) is 0 Å². The van der Waals surface area contributed by atoms with E-state index in [0.29, 0.717) is 11.1 Å². The fourth-order valence-corrected chi connectivity index (χ4v) is 3.07. The Balaban J connectivity index is 3.73. The molecule has 0 spiro atoms. The third-order valence-electron chi connectivity index (χ3n) is 0.903. The van der Waals surface area contributed by atoms with E-state index < -0.39 is 9.84 Å². The number of halogens is 1. The van der Waals surface area contributed by atoms with Crippen molar-refractivity contribution in [1.29, 1.82) is 0 Å². The molecule has 2 nitrogen and oxygen atoms in total. The van der Waals surface area contributed by atoms with Gasteiger partial charge in [-0.3, -0.25) is 0 Å². The van der Waals surface area contributed by atoms with Gasteiger partial charge in [-0.25, -0.2) is 8.42 Å². The third-order valence-corrected chi connectivity index (χ3v) is 3.68. The Morgan fingerprint density at radius 3 is 2.22 bits per heavy atom. The largest absolute Gasteiger partial charge is 0.229 e. The quantitative estimate of drug-likeness (QED) is 0.660. The molecule has 0 bridgehead atoms. The minimum atomic E-state index is -2.73. The molecule has 0 saturated carbocycles. The molecule has 0 aliphatic heterocycles. The smallest absolute Gasteiger partial charge is 0.151 e. The monoisotopic (exact) mass is 214 g/mol. The molecular formula is C5H11BrO2S. The van der Waals surface area contributed by atoms with Crippen molar-refractivity contribution in [3.05, 3.63) is 0 Å². The summed E-state index contributed by atoms with van der Waals surface area (Å²) in [5, 5.41) is 0.551. The van der Waals surface area contributed by atoms with E-state index in [4.69, 9.17) is 0 Å². The molecule has 0 heterocycles. The molecule has 0 fully saturated rings. The van der Waals surface area contributed by atoms with Crippen LogP contribution in [0.5, 0.6) is 0 Å². The van der Waals surface area contributed by atoms with Crippen LogP contribution in [0.3, 0.4) is 0 Å². The first-order chi connectivity index (χ1) is 4.12. The van der Waals surface area contributed by atoms with Crippen LogP contribution in [0.15, 0.2) is 0 Å². The lowest BCUT2D eigenvalue weighted by atomic mass is 10.6. The molecule has 0 aromatic rings. The summed E-state index contributed by atoms with van der Waals surface area (Å²) in [6.07, 6.45) is 0.718. The number of alkyl halides is 1. The highest BCUT2D eigenvalue weighted by Gasteiger charge is 2.05. The molecular weight excluding hydrogens is 204 g/mol. The van der Waals surface area contributed by atoms with E-state index >= 15 is 0 Å². The van der Waals surface area contributed by atoms with Crippen LogP contribution in [0.25, 0.3) is 0 Å². The van der Waals surface area contributed by atoms with E-state index in [2.05, 4.69) is 15.9 Å². The van der Waals surface area contributed by atoms with Gasteiger partial charge in [0.05, 0.1) is 5.75 Å². The van der Waals surface area contributed by atoms with Crippen molar-refractivity contribution in [2.45, 2.75) is 13.3 Å². The highest BCUT2D eigenvalue weighted by Crippen LogP contribution is 1.94. The lowest BCUT2D eigenvalue weighted by Gasteiger charge is -1.96. The molecule has 0 unspecified atom stereocenters. The van der Waals surface area contributed by atoms with Gasteiger partial charge in [-0.2, -0.15) is 0 Å². The first-order valence-electron chi connectivity index (χ1n) is 2.89. The maximum atomic E-state index is 10.8. The zero-order valence-corrected chi connectivity index (χ0v) is 7.83. The van der Waals surface area contributed by atoms with Crippen molar-refractivity contribution in [2.24, 2.45) is 0 Å². The molecule has 0 aliphatic carbocycles. The Hall–Kier alpha value is 0.430. The first-order valence-corrected chi connectivity index (χ1v) is 5.83. The van der Waals surface area contributed by atoms with Gasteiger partial charge in [-0.1, -0.05) is 22.9 Å². The first kappa shape index (κ1) is 9.43. The van der Waals surface area contributed by atoms with Gasteiger partial charge in [0.25, 0.3) is 0 Å².